The molecule has 3 N–H and O–H groups in total. The van der Waals surface area contributed by atoms with Crippen LogP contribution in [-0.2, 0) is 12.8 Å². The zero-order chi connectivity index (χ0) is 19.1. The van der Waals surface area contributed by atoms with Gasteiger partial charge in [0.25, 0.3) is 11.5 Å². The number of amides is 1. The number of nitrogens with one attached hydrogen (secondary N) is 2. The number of aromatic hydroxyl groups is 1. The van der Waals surface area contributed by atoms with E-state index in [2.05, 4.69) is 17.2 Å². The van der Waals surface area contributed by atoms with Gasteiger partial charge in [0, 0.05) is 10.6 Å². The zero-order valence-electron chi connectivity index (χ0n) is 15.1. The average Bonchev–Trinajstić information content (AvgIpc) is 2.99. The van der Waals surface area contributed by atoms with E-state index in [0.717, 1.165) is 24.8 Å². The van der Waals surface area contributed by atoms with Crippen LogP contribution in [0.4, 0.5) is 5.69 Å². The Morgan fingerprint density at radius 2 is 2.07 bits per heavy atom. The van der Waals surface area contributed by atoms with Gasteiger partial charge in [-0.25, -0.2) is 0 Å². The van der Waals surface area contributed by atoms with E-state index in [0.29, 0.717) is 27.6 Å². The molecule has 2 heterocycles. The van der Waals surface area contributed by atoms with Crippen molar-refractivity contribution in [1.29, 1.82) is 0 Å². The van der Waals surface area contributed by atoms with Crippen molar-refractivity contribution in [2.75, 3.05) is 12.4 Å². The minimum Gasteiger partial charge on any atom is -0.506 e. The third kappa shape index (κ3) is 3.08. The van der Waals surface area contributed by atoms with E-state index >= 15 is 0 Å². The fourth-order valence-corrected chi connectivity index (χ4v) is 4.97. The van der Waals surface area contributed by atoms with Gasteiger partial charge in [0.2, 0.25) is 0 Å². The molecule has 0 saturated carbocycles. The van der Waals surface area contributed by atoms with Gasteiger partial charge in [-0.2, -0.15) is 0 Å². The number of hydrogen-bond donors (Lipinski definition) is 3. The lowest BCUT2D eigenvalue weighted by molar-refractivity contribution is 0.102. The molecule has 0 fully saturated rings. The Labute approximate surface area is 159 Å². The summed E-state index contributed by atoms with van der Waals surface area (Å²) in [6, 6.07) is 6.77. The van der Waals surface area contributed by atoms with Crippen molar-refractivity contribution >= 4 is 33.1 Å². The van der Waals surface area contributed by atoms with Crippen molar-refractivity contribution in [3.8, 4) is 11.5 Å². The van der Waals surface area contributed by atoms with Gasteiger partial charge < -0.3 is 20.1 Å². The lowest BCUT2D eigenvalue weighted by Crippen LogP contribution is -2.23. The first-order valence-electron chi connectivity index (χ1n) is 8.82. The Hall–Kier alpha value is -2.80. The Kier molecular flexibility index (Phi) is 4.39. The maximum Gasteiger partial charge on any atom is 0.265 e. The summed E-state index contributed by atoms with van der Waals surface area (Å²) in [5.74, 6) is 0.378. The third-order valence-electron chi connectivity index (χ3n) is 5.01. The number of hydrogen-bond acceptors (Lipinski definition) is 5. The van der Waals surface area contributed by atoms with Gasteiger partial charge in [-0.15, -0.1) is 11.3 Å². The predicted octanol–water partition coefficient (Wildman–Crippen LogP) is 3.68. The molecule has 1 aliphatic carbocycles. The van der Waals surface area contributed by atoms with Crippen LogP contribution in [0.25, 0.3) is 10.2 Å². The molecule has 27 heavy (non-hydrogen) atoms. The first-order valence-corrected chi connectivity index (χ1v) is 9.64. The molecule has 1 amide bonds. The van der Waals surface area contributed by atoms with Crippen LogP contribution in [0, 0.1) is 5.92 Å². The molecule has 140 valence electrons. The number of aryl methyl sites for hydroxylation is 1. The fraction of sp³-hybridized carbons (Fsp3) is 0.300. The number of rotatable bonds is 3. The van der Waals surface area contributed by atoms with Gasteiger partial charge in [0.1, 0.15) is 21.9 Å². The Morgan fingerprint density at radius 1 is 1.33 bits per heavy atom. The molecule has 0 radical (unpaired) electrons. The predicted molar refractivity (Wildman–Crippen MR) is 106 cm³/mol. The first-order chi connectivity index (χ1) is 13.0. The summed E-state index contributed by atoms with van der Waals surface area (Å²) in [5.41, 5.74) is 0.733. The second kappa shape index (κ2) is 6.74. The van der Waals surface area contributed by atoms with Crippen molar-refractivity contribution in [3.63, 3.8) is 0 Å². The van der Waals surface area contributed by atoms with Crippen LogP contribution in [0.5, 0.6) is 11.5 Å². The average molecular weight is 384 g/mol. The number of benzene rings is 1. The number of thiophene rings is 1. The monoisotopic (exact) mass is 384 g/mol. The Balaban J connectivity index is 1.74. The molecule has 1 atom stereocenters. The summed E-state index contributed by atoms with van der Waals surface area (Å²) in [5, 5.41) is 14.1. The highest BCUT2D eigenvalue weighted by Gasteiger charge is 2.27. The molecule has 0 aliphatic heterocycles. The van der Waals surface area contributed by atoms with Gasteiger partial charge in [-0.3, -0.25) is 9.59 Å². The largest absolute Gasteiger partial charge is 0.506 e. The normalized spacial score (nSPS) is 16.1. The topological polar surface area (TPSA) is 91.4 Å². The molecule has 0 spiro atoms. The summed E-state index contributed by atoms with van der Waals surface area (Å²) >= 11 is 1.50. The molecule has 7 heteroatoms. The first kappa shape index (κ1) is 17.6. The summed E-state index contributed by atoms with van der Waals surface area (Å²) in [4.78, 5) is 29.7. The molecule has 1 aliphatic rings. The van der Waals surface area contributed by atoms with Gasteiger partial charge in [0.15, 0.2) is 0 Å². The fourth-order valence-electron chi connectivity index (χ4n) is 3.57. The highest BCUT2D eigenvalue weighted by Crippen LogP contribution is 2.41. The standard InChI is InChI=1S/C20H20N2O4S/c1-10-3-8-13-14(9-10)27-20-15(13)17(23)16(19(25)22-20)18(24)21-11-4-6-12(26-2)7-5-11/h4-7,10H,3,8-9H2,1-2H3,(H,21,24)(H2,22,23,25)/t10-/m0/s1. The second-order valence-corrected chi connectivity index (χ2v) is 8.02. The van der Waals surface area contributed by atoms with E-state index in [-0.39, 0.29) is 11.3 Å². The van der Waals surface area contributed by atoms with Crippen LogP contribution in [0.2, 0.25) is 0 Å². The molecule has 4 rings (SSSR count). The smallest absolute Gasteiger partial charge is 0.265 e. The van der Waals surface area contributed by atoms with Crippen LogP contribution in [0.1, 0.15) is 34.1 Å². The van der Waals surface area contributed by atoms with E-state index in [9.17, 15) is 14.7 Å². The van der Waals surface area contributed by atoms with Crippen molar-refractivity contribution in [2.24, 2.45) is 5.92 Å². The number of methoxy groups -OCH3 is 1. The second-order valence-electron chi connectivity index (χ2n) is 6.92. The van der Waals surface area contributed by atoms with Crippen LogP contribution >= 0.6 is 11.3 Å². The zero-order valence-corrected chi connectivity index (χ0v) is 15.9. The number of H-pyrrole nitrogens is 1. The lowest BCUT2D eigenvalue weighted by Gasteiger charge is -2.18. The quantitative estimate of drug-likeness (QED) is 0.642. The maximum absolute atomic E-state index is 12.7. The van der Waals surface area contributed by atoms with Crippen LogP contribution in [-0.4, -0.2) is 23.1 Å². The summed E-state index contributed by atoms with van der Waals surface area (Å²) in [6.45, 7) is 2.20. The van der Waals surface area contributed by atoms with Gasteiger partial charge in [-0.1, -0.05) is 6.92 Å². The van der Waals surface area contributed by atoms with Crippen LogP contribution in [0.3, 0.4) is 0 Å². The van der Waals surface area contributed by atoms with E-state index in [4.69, 9.17) is 4.74 Å². The van der Waals surface area contributed by atoms with Crippen molar-refractivity contribution in [2.45, 2.75) is 26.2 Å². The number of carbonyl (C=O) groups is 1. The molecule has 2 aromatic heterocycles. The van der Waals surface area contributed by atoms with E-state index in [1.165, 1.54) is 16.2 Å². The summed E-state index contributed by atoms with van der Waals surface area (Å²) < 4.78 is 5.09. The molecule has 1 aromatic carbocycles. The minimum absolute atomic E-state index is 0.230. The molecule has 0 bridgehead atoms. The van der Waals surface area contributed by atoms with Gasteiger partial charge in [0.05, 0.1) is 12.5 Å². The number of aromatic nitrogens is 1. The minimum atomic E-state index is -0.634. The van der Waals surface area contributed by atoms with Gasteiger partial charge in [-0.05, 0) is 55.0 Å². The van der Waals surface area contributed by atoms with Crippen LogP contribution < -0.4 is 15.6 Å². The highest BCUT2D eigenvalue weighted by atomic mass is 32.1. The third-order valence-corrected chi connectivity index (χ3v) is 6.18. The van der Waals surface area contributed by atoms with E-state index in [1.54, 1.807) is 31.4 Å². The molecular weight excluding hydrogens is 364 g/mol. The number of aromatic amines is 1. The van der Waals surface area contributed by atoms with E-state index < -0.39 is 11.5 Å². The van der Waals surface area contributed by atoms with Gasteiger partial charge >= 0.3 is 0 Å². The summed E-state index contributed by atoms with van der Waals surface area (Å²) in [6.07, 6.45) is 2.81. The number of carbonyl (C=O) groups excluding carboxylic acids is 1. The Bertz CT molecular complexity index is 1080. The maximum atomic E-state index is 12.7. The lowest BCUT2D eigenvalue weighted by atomic mass is 9.89. The number of anilines is 1. The molecule has 0 saturated heterocycles. The molecule has 3 aromatic rings. The number of fused-ring (bicyclic) bond motifs is 3. The number of ether oxygens (including phenoxy) is 1. The highest BCUT2D eigenvalue weighted by molar-refractivity contribution is 7.18. The molecule has 0 unspecified atom stereocenters. The SMILES string of the molecule is COc1ccc(NC(=O)c2c(O)c3c4c(sc3[nH]c2=O)C[C@@H](C)CC4)cc1. The van der Waals surface area contributed by atoms with E-state index in [1.807, 2.05) is 0 Å². The van der Waals surface area contributed by atoms with Crippen molar-refractivity contribution in [3.05, 3.63) is 50.6 Å². The Morgan fingerprint density at radius 3 is 2.78 bits per heavy atom. The molecule has 6 nitrogen and oxygen atoms in total. The molecular formula is C20H20N2O4S. The summed E-state index contributed by atoms with van der Waals surface area (Å²) in [7, 11) is 1.56. The van der Waals surface area contributed by atoms with Crippen molar-refractivity contribution < 1.29 is 14.6 Å². The van der Waals surface area contributed by atoms with Crippen LogP contribution in [0.15, 0.2) is 29.1 Å². The number of pyridine rings is 1. The van der Waals surface area contributed by atoms with Crippen molar-refractivity contribution in [1.82, 2.24) is 4.98 Å².